The summed E-state index contributed by atoms with van der Waals surface area (Å²) < 4.78 is 34.9. The van der Waals surface area contributed by atoms with Crippen molar-refractivity contribution in [3.63, 3.8) is 0 Å². The fraction of sp³-hybridized carbons (Fsp3) is 0.680. The van der Waals surface area contributed by atoms with Gasteiger partial charge in [-0.2, -0.15) is 8.42 Å². The van der Waals surface area contributed by atoms with Gasteiger partial charge < -0.3 is 0 Å². The molecule has 0 unspecified atom stereocenters. The van der Waals surface area contributed by atoms with Crippen LogP contribution in [0.25, 0.3) is 0 Å². The molecule has 186 valence electrons. The van der Waals surface area contributed by atoms with Gasteiger partial charge in [-0.25, -0.2) is 4.99 Å². The van der Waals surface area contributed by atoms with Crippen molar-refractivity contribution in [2.45, 2.75) is 102 Å². The van der Waals surface area contributed by atoms with Crippen molar-refractivity contribution in [2.75, 3.05) is 12.3 Å². The zero-order chi connectivity index (χ0) is 23.9. The number of carbonyl (C=O) groups is 1. The predicted octanol–water partition coefficient (Wildman–Crippen LogP) is 7.39. The zero-order valence-corrected chi connectivity index (χ0v) is 21.6. The number of aliphatic imine (C=N–C) groups is 1. The van der Waals surface area contributed by atoms with Crippen LogP contribution in [0.4, 0.5) is 9.57 Å². The summed E-state index contributed by atoms with van der Waals surface area (Å²) in [6, 6.07) is 5.28. The lowest BCUT2D eigenvalue weighted by Gasteiger charge is -2.15. The Morgan fingerprint density at radius 3 is 1.82 bits per heavy atom. The van der Waals surface area contributed by atoms with E-state index in [2.05, 4.69) is 11.9 Å². The molecule has 0 saturated carbocycles. The Balaban J connectivity index is 1.59. The van der Waals surface area contributed by atoms with Crippen molar-refractivity contribution in [1.82, 2.24) is 4.90 Å². The minimum atomic E-state index is -4.72. The number of halogens is 1. The van der Waals surface area contributed by atoms with Gasteiger partial charge in [-0.05, 0) is 30.7 Å². The smallest absolute Gasteiger partial charge is 0.291 e. The Bertz CT molecular complexity index is 842. The van der Waals surface area contributed by atoms with Crippen molar-refractivity contribution < 1.29 is 17.1 Å². The van der Waals surface area contributed by atoms with Gasteiger partial charge in [-0.15, -0.1) is 3.89 Å². The van der Waals surface area contributed by atoms with Crippen molar-refractivity contribution in [3.8, 4) is 0 Å². The molecule has 2 rings (SSSR count). The summed E-state index contributed by atoms with van der Waals surface area (Å²) >= 11 is 1.38. The summed E-state index contributed by atoms with van der Waals surface area (Å²) in [5.41, 5.74) is 0.505. The highest BCUT2D eigenvalue weighted by Crippen LogP contribution is 2.25. The van der Waals surface area contributed by atoms with Gasteiger partial charge in [-0.3, -0.25) is 9.69 Å². The number of amidine groups is 1. The molecular formula is C25H39FN2O3S2. The van der Waals surface area contributed by atoms with E-state index in [4.69, 9.17) is 0 Å². The molecule has 1 aliphatic rings. The van der Waals surface area contributed by atoms with Gasteiger partial charge in [0.1, 0.15) is 0 Å². The maximum absolute atomic E-state index is 13.0. The first-order valence-corrected chi connectivity index (χ1v) is 14.9. The second-order valence-corrected chi connectivity index (χ2v) is 11.0. The van der Waals surface area contributed by atoms with Crippen LogP contribution in [0.1, 0.15) is 96.8 Å². The SMILES string of the molecule is CCCCCCCCCCCCCCCCN1C(=O)CSC1=Nc1ccc(S(=O)(=O)F)cc1. The van der Waals surface area contributed by atoms with E-state index in [9.17, 15) is 17.1 Å². The molecular weight excluding hydrogens is 459 g/mol. The Morgan fingerprint density at radius 2 is 1.33 bits per heavy atom. The third kappa shape index (κ3) is 11.0. The molecule has 33 heavy (non-hydrogen) atoms. The summed E-state index contributed by atoms with van der Waals surface area (Å²) in [6.07, 6.45) is 18.1. The third-order valence-corrected chi connectivity index (χ3v) is 7.73. The number of amides is 1. The number of hydrogen-bond donors (Lipinski definition) is 0. The Labute approximate surface area is 203 Å². The predicted molar refractivity (Wildman–Crippen MR) is 136 cm³/mol. The topological polar surface area (TPSA) is 66.8 Å². The number of nitrogens with zero attached hydrogens (tertiary/aromatic N) is 2. The van der Waals surface area contributed by atoms with Crippen molar-refractivity contribution in [1.29, 1.82) is 0 Å². The van der Waals surface area contributed by atoms with Crippen LogP contribution in [0, 0.1) is 0 Å². The molecule has 0 aliphatic carbocycles. The number of thioether (sulfide) groups is 1. The van der Waals surface area contributed by atoms with Crippen molar-refractivity contribution in [3.05, 3.63) is 24.3 Å². The first kappa shape index (κ1) is 27.8. The van der Waals surface area contributed by atoms with Gasteiger partial charge in [0, 0.05) is 6.54 Å². The number of unbranched alkanes of at least 4 members (excludes halogenated alkanes) is 13. The molecule has 1 aromatic carbocycles. The third-order valence-electron chi connectivity index (χ3n) is 5.93. The van der Waals surface area contributed by atoms with Crippen LogP contribution in [-0.4, -0.2) is 36.7 Å². The summed E-state index contributed by atoms with van der Waals surface area (Å²) in [4.78, 5) is 18.0. The van der Waals surface area contributed by atoms with E-state index in [1.54, 1.807) is 4.90 Å². The standard InChI is InChI=1S/C25H39FN2O3S2/c1-2-3-4-5-6-7-8-9-10-11-12-13-14-15-20-28-24(29)21-32-25(28)27-22-16-18-23(19-17-22)33(26,30)31/h16-19H,2-15,20-21H2,1H3. The van der Waals surface area contributed by atoms with Crippen molar-refractivity contribution in [2.24, 2.45) is 4.99 Å². The number of rotatable bonds is 17. The van der Waals surface area contributed by atoms with Crippen LogP contribution >= 0.6 is 11.8 Å². The first-order valence-electron chi connectivity index (χ1n) is 12.5. The summed E-state index contributed by atoms with van der Waals surface area (Å²) in [7, 11) is -4.72. The van der Waals surface area contributed by atoms with Crippen LogP contribution in [0.15, 0.2) is 34.2 Å². The zero-order valence-electron chi connectivity index (χ0n) is 19.9. The molecule has 1 aromatic rings. The van der Waals surface area contributed by atoms with Gasteiger partial charge in [0.2, 0.25) is 5.91 Å². The molecule has 0 spiro atoms. The minimum Gasteiger partial charge on any atom is -0.291 e. The minimum absolute atomic E-state index is 0.0522. The highest BCUT2D eigenvalue weighted by molar-refractivity contribution is 8.15. The van der Waals surface area contributed by atoms with E-state index >= 15 is 0 Å². The number of carbonyl (C=O) groups excluding carboxylic acids is 1. The molecule has 0 radical (unpaired) electrons. The van der Waals surface area contributed by atoms with Crippen LogP contribution in [-0.2, 0) is 15.0 Å². The lowest BCUT2D eigenvalue weighted by molar-refractivity contribution is -0.124. The van der Waals surface area contributed by atoms with Gasteiger partial charge in [0.05, 0.1) is 16.3 Å². The van der Waals surface area contributed by atoms with E-state index in [1.807, 2.05) is 0 Å². The molecule has 5 nitrogen and oxygen atoms in total. The number of hydrogen-bond acceptors (Lipinski definition) is 5. The normalized spacial score (nSPS) is 15.6. The lowest BCUT2D eigenvalue weighted by Crippen LogP contribution is -2.30. The molecule has 1 amide bonds. The molecule has 1 saturated heterocycles. The second kappa shape index (κ2) is 15.5. The molecule has 1 aliphatic heterocycles. The van der Waals surface area contributed by atoms with Gasteiger partial charge >= 0.3 is 10.2 Å². The molecule has 0 aromatic heterocycles. The van der Waals surface area contributed by atoms with Gasteiger partial charge in [0.25, 0.3) is 0 Å². The second-order valence-electron chi connectivity index (χ2n) is 8.76. The van der Waals surface area contributed by atoms with Crippen LogP contribution in [0.2, 0.25) is 0 Å². The van der Waals surface area contributed by atoms with E-state index in [0.29, 0.717) is 23.2 Å². The van der Waals surface area contributed by atoms with Crippen LogP contribution < -0.4 is 0 Å². The fourth-order valence-corrected chi connectivity index (χ4v) is 5.35. The Morgan fingerprint density at radius 1 is 0.848 bits per heavy atom. The Kier molecular flexibility index (Phi) is 13.1. The molecule has 0 N–H and O–H groups in total. The average Bonchev–Trinajstić information content (AvgIpc) is 3.13. The van der Waals surface area contributed by atoms with Gasteiger partial charge in [0.15, 0.2) is 5.17 Å². The summed E-state index contributed by atoms with van der Waals surface area (Å²) in [6.45, 7) is 2.91. The summed E-state index contributed by atoms with van der Waals surface area (Å²) in [5.74, 6) is 0.422. The molecule has 1 heterocycles. The molecule has 0 bridgehead atoms. The fourth-order valence-electron chi connectivity index (χ4n) is 3.96. The monoisotopic (exact) mass is 498 g/mol. The number of benzene rings is 1. The molecule has 0 atom stereocenters. The maximum atomic E-state index is 13.0. The lowest BCUT2D eigenvalue weighted by atomic mass is 10.0. The quantitative estimate of drug-likeness (QED) is 0.166. The largest absolute Gasteiger partial charge is 0.332 e. The first-order chi connectivity index (χ1) is 15.9. The average molecular weight is 499 g/mol. The highest BCUT2D eigenvalue weighted by Gasteiger charge is 2.27. The summed E-state index contributed by atoms with van der Waals surface area (Å²) in [5, 5.41) is 0.630. The molecule has 1 fully saturated rings. The van der Waals surface area contributed by atoms with E-state index in [-0.39, 0.29) is 10.8 Å². The van der Waals surface area contributed by atoms with Crippen molar-refractivity contribution >= 4 is 38.7 Å². The van der Waals surface area contributed by atoms with E-state index < -0.39 is 10.2 Å². The van der Waals surface area contributed by atoms with Crippen LogP contribution in [0.3, 0.4) is 0 Å². The maximum Gasteiger partial charge on any atom is 0.332 e. The highest BCUT2D eigenvalue weighted by atomic mass is 32.3. The Hall–Kier alpha value is -1.41. The van der Waals surface area contributed by atoms with E-state index in [1.165, 1.54) is 113 Å². The van der Waals surface area contributed by atoms with E-state index in [0.717, 1.165) is 12.8 Å². The molecule has 8 heteroatoms. The van der Waals surface area contributed by atoms with Gasteiger partial charge in [-0.1, -0.05) is 102 Å². The van der Waals surface area contributed by atoms with Crippen LogP contribution in [0.5, 0.6) is 0 Å².